The second-order valence-corrected chi connectivity index (χ2v) is 6.79. The van der Waals surface area contributed by atoms with Crippen molar-refractivity contribution < 1.29 is 17.6 Å². The molecule has 20 heavy (non-hydrogen) atoms. The largest absolute Gasteiger partial charge is 0.465 e. The van der Waals surface area contributed by atoms with Crippen molar-refractivity contribution in [2.24, 2.45) is 5.14 Å². The highest BCUT2D eigenvalue weighted by Crippen LogP contribution is 2.19. The highest BCUT2D eigenvalue weighted by molar-refractivity contribution is 7.91. The minimum atomic E-state index is -3.68. The van der Waals surface area contributed by atoms with E-state index >= 15 is 0 Å². The zero-order chi connectivity index (χ0) is 14.6. The summed E-state index contributed by atoms with van der Waals surface area (Å²) in [7, 11) is -3.68. The molecule has 0 spiro atoms. The van der Waals surface area contributed by atoms with Gasteiger partial charge in [0.2, 0.25) is 15.9 Å². The number of nitrogens with two attached hydrogens (primary N) is 1. The Morgan fingerprint density at radius 2 is 2.20 bits per heavy atom. The predicted molar refractivity (Wildman–Crippen MR) is 75.3 cm³/mol. The van der Waals surface area contributed by atoms with Gasteiger partial charge in [0.25, 0.3) is 0 Å². The Balaban J connectivity index is 1.89. The Morgan fingerprint density at radius 1 is 1.40 bits per heavy atom. The molecule has 6 nitrogen and oxygen atoms in total. The fourth-order valence-electron chi connectivity index (χ4n) is 1.38. The Labute approximate surface area is 120 Å². The van der Waals surface area contributed by atoms with E-state index in [0.717, 1.165) is 11.3 Å². The van der Waals surface area contributed by atoms with E-state index in [1.165, 1.54) is 18.4 Å². The normalized spacial score (nSPS) is 11.8. The van der Waals surface area contributed by atoms with Crippen LogP contribution in [0, 0.1) is 0 Å². The molecule has 0 fully saturated rings. The van der Waals surface area contributed by atoms with Crippen molar-refractivity contribution in [1.29, 1.82) is 0 Å². The minimum absolute atomic E-state index is 0.0767. The molecule has 1 amide bonds. The van der Waals surface area contributed by atoms with E-state index in [1.54, 1.807) is 24.3 Å². The van der Waals surface area contributed by atoms with Crippen molar-refractivity contribution in [2.75, 3.05) is 0 Å². The number of hydrogen-bond donors (Lipinski definition) is 2. The molecular weight excluding hydrogens is 300 g/mol. The Hall–Kier alpha value is -1.90. The molecule has 2 aromatic rings. The molecule has 0 bridgehead atoms. The van der Waals surface area contributed by atoms with Crippen LogP contribution in [-0.4, -0.2) is 14.3 Å². The lowest BCUT2D eigenvalue weighted by Crippen LogP contribution is -2.19. The van der Waals surface area contributed by atoms with Crippen molar-refractivity contribution in [2.45, 2.75) is 10.8 Å². The number of furan rings is 1. The summed E-state index contributed by atoms with van der Waals surface area (Å²) in [5.41, 5.74) is 0. The van der Waals surface area contributed by atoms with Gasteiger partial charge in [0.05, 0.1) is 12.8 Å². The van der Waals surface area contributed by atoms with Crippen LogP contribution < -0.4 is 10.5 Å². The Morgan fingerprint density at radius 3 is 2.80 bits per heavy atom. The number of thiophene rings is 1. The molecule has 0 aliphatic rings. The van der Waals surface area contributed by atoms with Crippen molar-refractivity contribution in [3.8, 4) is 0 Å². The molecule has 0 aromatic carbocycles. The quantitative estimate of drug-likeness (QED) is 0.813. The first-order valence-electron chi connectivity index (χ1n) is 5.56. The van der Waals surface area contributed by atoms with Gasteiger partial charge < -0.3 is 9.73 Å². The monoisotopic (exact) mass is 312 g/mol. The van der Waals surface area contributed by atoms with E-state index < -0.39 is 10.0 Å². The van der Waals surface area contributed by atoms with Gasteiger partial charge in [-0.15, -0.1) is 11.3 Å². The van der Waals surface area contributed by atoms with E-state index in [0.29, 0.717) is 10.6 Å². The van der Waals surface area contributed by atoms with Crippen LogP contribution >= 0.6 is 11.3 Å². The lowest BCUT2D eigenvalue weighted by Gasteiger charge is -1.98. The van der Waals surface area contributed by atoms with Crippen molar-refractivity contribution >= 4 is 33.3 Å². The summed E-state index contributed by atoms with van der Waals surface area (Å²) in [5.74, 6) is 0.278. The fourth-order valence-corrected chi connectivity index (χ4v) is 3.10. The van der Waals surface area contributed by atoms with Gasteiger partial charge in [-0.3, -0.25) is 4.79 Å². The van der Waals surface area contributed by atoms with E-state index in [-0.39, 0.29) is 16.7 Å². The average molecular weight is 312 g/mol. The molecule has 2 heterocycles. The summed E-state index contributed by atoms with van der Waals surface area (Å²) in [5, 5.41) is 7.64. The maximum Gasteiger partial charge on any atom is 0.247 e. The number of hydrogen-bond acceptors (Lipinski definition) is 5. The molecule has 0 aliphatic carbocycles. The molecule has 2 rings (SSSR count). The lowest BCUT2D eigenvalue weighted by atomic mass is 10.4. The van der Waals surface area contributed by atoms with E-state index in [1.807, 2.05) is 0 Å². The van der Waals surface area contributed by atoms with Crippen LogP contribution in [0.15, 0.2) is 45.2 Å². The molecule has 0 radical (unpaired) electrons. The SMILES string of the molecule is NS(=O)(=O)c1ccc(CNC(=O)C=Cc2ccco2)s1. The number of carbonyl (C=O) groups excluding carboxylic acids is 1. The van der Waals surface area contributed by atoms with E-state index in [2.05, 4.69) is 5.32 Å². The molecule has 0 unspecified atom stereocenters. The highest BCUT2D eigenvalue weighted by Gasteiger charge is 2.11. The van der Waals surface area contributed by atoms with Crippen LogP contribution in [0.3, 0.4) is 0 Å². The lowest BCUT2D eigenvalue weighted by molar-refractivity contribution is -0.116. The molecule has 2 aromatic heterocycles. The summed E-state index contributed by atoms with van der Waals surface area (Å²) in [6.07, 6.45) is 4.39. The number of sulfonamides is 1. The van der Waals surface area contributed by atoms with Gasteiger partial charge in [-0.25, -0.2) is 13.6 Å². The topological polar surface area (TPSA) is 102 Å². The zero-order valence-corrected chi connectivity index (χ0v) is 11.9. The van der Waals surface area contributed by atoms with Gasteiger partial charge in [0.15, 0.2) is 0 Å². The average Bonchev–Trinajstić information content (AvgIpc) is 3.04. The third-order valence-corrected chi connectivity index (χ3v) is 4.82. The third kappa shape index (κ3) is 4.05. The van der Waals surface area contributed by atoms with Gasteiger partial charge in [0, 0.05) is 11.0 Å². The van der Waals surface area contributed by atoms with Crippen LogP contribution in [-0.2, 0) is 21.4 Å². The first-order valence-corrected chi connectivity index (χ1v) is 7.92. The van der Waals surface area contributed by atoms with Crippen LogP contribution in [0.25, 0.3) is 6.08 Å². The van der Waals surface area contributed by atoms with Crippen LogP contribution in [0.2, 0.25) is 0 Å². The van der Waals surface area contributed by atoms with Crippen LogP contribution in [0.5, 0.6) is 0 Å². The molecule has 106 valence electrons. The number of nitrogens with one attached hydrogen (secondary N) is 1. The van der Waals surface area contributed by atoms with Crippen molar-refractivity contribution in [3.63, 3.8) is 0 Å². The van der Waals surface area contributed by atoms with Crippen LogP contribution in [0.1, 0.15) is 10.6 Å². The second-order valence-electron chi connectivity index (χ2n) is 3.83. The Kier molecular flexibility index (Phi) is 4.38. The zero-order valence-electron chi connectivity index (χ0n) is 10.3. The van der Waals surface area contributed by atoms with Crippen LogP contribution in [0.4, 0.5) is 0 Å². The Bertz CT molecular complexity index is 714. The minimum Gasteiger partial charge on any atom is -0.465 e. The van der Waals surface area contributed by atoms with Crippen molar-refractivity contribution in [3.05, 3.63) is 47.2 Å². The number of primary sulfonamides is 1. The summed E-state index contributed by atoms with van der Waals surface area (Å²) < 4.78 is 27.3. The molecule has 0 atom stereocenters. The first kappa shape index (κ1) is 14.5. The summed E-state index contributed by atoms with van der Waals surface area (Å²) in [6.45, 7) is 0.238. The number of carbonyl (C=O) groups is 1. The maximum atomic E-state index is 11.5. The van der Waals surface area contributed by atoms with Gasteiger partial charge in [-0.2, -0.15) is 0 Å². The van der Waals surface area contributed by atoms with Gasteiger partial charge in [-0.1, -0.05) is 0 Å². The molecule has 0 saturated carbocycles. The third-order valence-electron chi connectivity index (χ3n) is 2.30. The molecule has 0 saturated heterocycles. The predicted octanol–water partition coefficient (Wildman–Crippen LogP) is 1.32. The molecule has 3 N–H and O–H groups in total. The highest BCUT2D eigenvalue weighted by atomic mass is 32.2. The molecule has 0 aliphatic heterocycles. The van der Waals surface area contributed by atoms with Gasteiger partial charge in [-0.05, 0) is 30.3 Å². The standard InChI is InChI=1S/C12H12N2O4S2/c13-20(16,17)12-6-4-10(19-12)8-14-11(15)5-3-9-2-1-7-18-9/h1-7H,8H2,(H,14,15)(H2,13,16,17). The smallest absolute Gasteiger partial charge is 0.247 e. The molecule has 8 heteroatoms. The number of rotatable bonds is 5. The summed E-state index contributed by atoms with van der Waals surface area (Å²) in [6, 6.07) is 6.47. The second kappa shape index (κ2) is 6.04. The summed E-state index contributed by atoms with van der Waals surface area (Å²) >= 11 is 1.03. The number of amides is 1. The summed E-state index contributed by atoms with van der Waals surface area (Å²) in [4.78, 5) is 12.2. The fraction of sp³-hybridized carbons (Fsp3) is 0.0833. The van der Waals surface area contributed by atoms with Gasteiger partial charge in [0.1, 0.15) is 9.97 Å². The van der Waals surface area contributed by atoms with Crippen molar-refractivity contribution in [1.82, 2.24) is 5.32 Å². The van der Waals surface area contributed by atoms with Gasteiger partial charge >= 0.3 is 0 Å². The van der Waals surface area contributed by atoms with E-state index in [9.17, 15) is 13.2 Å². The molecular formula is C12H12N2O4S2. The van der Waals surface area contributed by atoms with E-state index in [4.69, 9.17) is 9.56 Å². The first-order chi connectivity index (χ1) is 9.45. The maximum absolute atomic E-state index is 11.5.